The second kappa shape index (κ2) is 4.37. The second-order valence-electron chi connectivity index (χ2n) is 3.58. The Bertz CT molecular complexity index is 491. The molecule has 16 heavy (non-hydrogen) atoms. The van der Waals surface area contributed by atoms with E-state index in [-0.39, 0.29) is 0 Å². The predicted octanol–water partition coefficient (Wildman–Crippen LogP) is 1.55. The first kappa shape index (κ1) is 10.7. The van der Waals surface area contributed by atoms with E-state index in [0.29, 0.717) is 6.54 Å². The summed E-state index contributed by atoms with van der Waals surface area (Å²) in [6.45, 7) is 0.494. The molecule has 0 aliphatic heterocycles. The van der Waals surface area contributed by atoms with Gasteiger partial charge in [0, 0.05) is 19.2 Å². The molecule has 0 aliphatic carbocycles. The number of hydrogen-bond acceptors (Lipinski definition) is 3. The van der Waals surface area contributed by atoms with E-state index in [4.69, 9.17) is 10.5 Å². The predicted molar refractivity (Wildman–Crippen MR) is 63.1 cm³/mol. The lowest BCUT2D eigenvalue weighted by molar-refractivity contribution is 0.415. The fourth-order valence-corrected chi connectivity index (χ4v) is 1.62. The Labute approximate surface area is 94.6 Å². The number of nitrogens with zero attached hydrogens (tertiary/aromatic N) is 2. The minimum atomic E-state index is 0.494. The van der Waals surface area contributed by atoms with E-state index in [1.165, 1.54) is 0 Å². The van der Waals surface area contributed by atoms with E-state index in [1.54, 1.807) is 11.8 Å². The Morgan fingerprint density at radius 2 is 2.19 bits per heavy atom. The van der Waals surface area contributed by atoms with Crippen molar-refractivity contribution in [2.75, 3.05) is 7.11 Å². The fourth-order valence-electron chi connectivity index (χ4n) is 1.62. The van der Waals surface area contributed by atoms with Gasteiger partial charge in [0.2, 0.25) is 0 Å². The zero-order valence-electron chi connectivity index (χ0n) is 9.47. The largest absolute Gasteiger partial charge is 0.497 e. The number of rotatable bonds is 3. The van der Waals surface area contributed by atoms with Gasteiger partial charge in [-0.05, 0) is 18.2 Å². The van der Waals surface area contributed by atoms with Crippen molar-refractivity contribution >= 4 is 0 Å². The van der Waals surface area contributed by atoms with Crippen LogP contribution >= 0.6 is 0 Å². The SMILES string of the molecule is COc1cccc(-c2cc(CN)n(C)n2)c1. The molecular weight excluding hydrogens is 202 g/mol. The fraction of sp³-hybridized carbons (Fsp3) is 0.250. The number of aromatic nitrogens is 2. The minimum absolute atomic E-state index is 0.494. The highest BCUT2D eigenvalue weighted by molar-refractivity contribution is 5.61. The van der Waals surface area contributed by atoms with Crippen LogP contribution in [0.3, 0.4) is 0 Å². The van der Waals surface area contributed by atoms with Gasteiger partial charge >= 0.3 is 0 Å². The molecule has 0 bridgehead atoms. The molecule has 0 atom stereocenters. The van der Waals surface area contributed by atoms with E-state index < -0.39 is 0 Å². The number of ether oxygens (including phenoxy) is 1. The van der Waals surface area contributed by atoms with Crippen molar-refractivity contribution < 1.29 is 4.74 Å². The van der Waals surface area contributed by atoms with Crippen molar-refractivity contribution in [3.63, 3.8) is 0 Å². The molecule has 1 heterocycles. The van der Waals surface area contributed by atoms with Crippen LogP contribution in [0.1, 0.15) is 5.69 Å². The highest BCUT2D eigenvalue weighted by Gasteiger charge is 2.06. The normalized spacial score (nSPS) is 10.4. The lowest BCUT2D eigenvalue weighted by Gasteiger charge is -2.01. The summed E-state index contributed by atoms with van der Waals surface area (Å²) < 4.78 is 6.98. The highest BCUT2D eigenvalue weighted by atomic mass is 16.5. The molecule has 0 aliphatic rings. The van der Waals surface area contributed by atoms with Gasteiger partial charge in [0.05, 0.1) is 18.5 Å². The van der Waals surface area contributed by atoms with Gasteiger partial charge in [0.1, 0.15) is 5.75 Å². The van der Waals surface area contributed by atoms with Gasteiger partial charge < -0.3 is 10.5 Å². The van der Waals surface area contributed by atoms with Crippen LogP contribution in [0.2, 0.25) is 0 Å². The van der Waals surface area contributed by atoms with Crippen LogP contribution < -0.4 is 10.5 Å². The molecule has 0 saturated carbocycles. The summed E-state index contributed by atoms with van der Waals surface area (Å²) in [6.07, 6.45) is 0. The third-order valence-corrected chi connectivity index (χ3v) is 2.55. The Balaban J connectivity index is 2.41. The summed E-state index contributed by atoms with van der Waals surface area (Å²) in [4.78, 5) is 0. The van der Waals surface area contributed by atoms with Gasteiger partial charge in [-0.15, -0.1) is 0 Å². The Kier molecular flexibility index (Phi) is 2.92. The van der Waals surface area contributed by atoms with Crippen LogP contribution in [-0.2, 0) is 13.6 Å². The third-order valence-electron chi connectivity index (χ3n) is 2.55. The lowest BCUT2D eigenvalue weighted by atomic mass is 10.1. The van der Waals surface area contributed by atoms with Crippen molar-refractivity contribution in [3.05, 3.63) is 36.0 Å². The van der Waals surface area contributed by atoms with E-state index >= 15 is 0 Å². The van der Waals surface area contributed by atoms with Gasteiger partial charge in [-0.2, -0.15) is 5.10 Å². The van der Waals surface area contributed by atoms with Crippen molar-refractivity contribution in [3.8, 4) is 17.0 Å². The van der Waals surface area contributed by atoms with Gasteiger partial charge in [-0.1, -0.05) is 12.1 Å². The molecule has 0 amide bonds. The Morgan fingerprint density at radius 3 is 2.81 bits per heavy atom. The number of aryl methyl sites for hydroxylation is 1. The van der Waals surface area contributed by atoms with Crippen molar-refractivity contribution in [2.24, 2.45) is 12.8 Å². The van der Waals surface area contributed by atoms with E-state index in [0.717, 1.165) is 22.7 Å². The summed E-state index contributed by atoms with van der Waals surface area (Å²) >= 11 is 0. The minimum Gasteiger partial charge on any atom is -0.497 e. The van der Waals surface area contributed by atoms with Crippen LogP contribution in [0.25, 0.3) is 11.3 Å². The molecule has 1 aromatic carbocycles. The molecule has 84 valence electrons. The molecule has 0 spiro atoms. The lowest BCUT2D eigenvalue weighted by Crippen LogP contribution is -2.03. The molecular formula is C12H15N3O. The first-order valence-electron chi connectivity index (χ1n) is 5.12. The highest BCUT2D eigenvalue weighted by Crippen LogP contribution is 2.23. The topological polar surface area (TPSA) is 53.1 Å². The number of methoxy groups -OCH3 is 1. The van der Waals surface area contributed by atoms with E-state index in [1.807, 2.05) is 37.4 Å². The molecule has 4 heteroatoms. The zero-order chi connectivity index (χ0) is 11.5. The van der Waals surface area contributed by atoms with E-state index in [2.05, 4.69) is 5.10 Å². The van der Waals surface area contributed by atoms with Crippen LogP contribution in [0, 0.1) is 0 Å². The maximum absolute atomic E-state index is 5.61. The first-order chi connectivity index (χ1) is 7.74. The Hall–Kier alpha value is -1.81. The van der Waals surface area contributed by atoms with Crippen molar-refractivity contribution in [2.45, 2.75) is 6.54 Å². The quantitative estimate of drug-likeness (QED) is 0.848. The second-order valence-corrected chi connectivity index (χ2v) is 3.58. The third kappa shape index (κ3) is 1.92. The van der Waals surface area contributed by atoms with Crippen molar-refractivity contribution in [1.29, 1.82) is 0 Å². The van der Waals surface area contributed by atoms with E-state index in [9.17, 15) is 0 Å². The molecule has 0 radical (unpaired) electrons. The molecule has 2 N–H and O–H groups in total. The molecule has 2 rings (SSSR count). The summed E-state index contributed by atoms with van der Waals surface area (Å²) in [6, 6.07) is 9.82. The molecule has 0 saturated heterocycles. The number of hydrogen-bond donors (Lipinski definition) is 1. The van der Waals surface area contributed by atoms with Crippen LogP contribution in [-0.4, -0.2) is 16.9 Å². The smallest absolute Gasteiger partial charge is 0.119 e. The summed E-state index contributed by atoms with van der Waals surface area (Å²) in [5.41, 5.74) is 8.58. The van der Waals surface area contributed by atoms with Crippen molar-refractivity contribution in [1.82, 2.24) is 9.78 Å². The standard InChI is InChI=1S/C12H15N3O/c1-15-10(8-13)7-12(14-15)9-4-3-5-11(6-9)16-2/h3-7H,8,13H2,1-2H3. The number of nitrogens with two attached hydrogens (primary N) is 1. The molecule has 1 aromatic heterocycles. The molecule has 2 aromatic rings. The first-order valence-corrected chi connectivity index (χ1v) is 5.12. The maximum Gasteiger partial charge on any atom is 0.119 e. The Morgan fingerprint density at radius 1 is 1.38 bits per heavy atom. The summed E-state index contributed by atoms with van der Waals surface area (Å²) in [5.74, 6) is 0.831. The summed E-state index contributed by atoms with van der Waals surface area (Å²) in [5, 5.41) is 4.41. The van der Waals surface area contributed by atoms with Gasteiger partial charge in [0.25, 0.3) is 0 Å². The van der Waals surface area contributed by atoms with Gasteiger partial charge in [-0.25, -0.2) is 0 Å². The number of benzene rings is 1. The average molecular weight is 217 g/mol. The molecule has 4 nitrogen and oxygen atoms in total. The van der Waals surface area contributed by atoms with Crippen LogP contribution in [0.15, 0.2) is 30.3 Å². The molecule has 0 fully saturated rings. The van der Waals surface area contributed by atoms with Crippen LogP contribution in [0.5, 0.6) is 5.75 Å². The zero-order valence-corrected chi connectivity index (χ0v) is 9.47. The summed E-state index contributed by atoms with van der Waals surface area (Å²) in [7, 11) is 3.55. The molecule has 0 unspecified atom stereocenters. The van der Waals surface area contributed by atoms with Gasteiger partial charge in [0.15, 0.2) is 0 Å². The maximum atomic E-state index is 5.61. The monoisotopic (exact) mass is 217 g/mol. The van der Waals surface area contributed by atoms with Crippen LogP contribution in [0.4, 0.5) is 0 Å². The van der Waals surface area contributed by atoms with Gasteiger partial charge in [-0.3, -0.25) is 4.68 Å². The average Bonchev–Trinajstić information content (AvgIpc) is 2.71.